The highest BCUT2D eigenvalue weighted by atomic mass is 32.2. The molecule has 33 heavy (non-hydrogen) atoms. The van der Waals surface area contributed by atoms with Crippen LogP contribution in [0.2, 0.25) is 0 Å². The summed E-state index contributed by atoms with van der Waals surface area (Å²) in [6, 6.07) is 25.4. The maximum absolute atomic E-state index is 13.1. The third-order valence-corrected chi connectivity index (χ3v) is 6.43. The Balaban J connectivity index is 1.50. The largest absolute Gasteiger partial charge is 0.489 e. The van der Waals surface area contributed by atoms with Crippen LogP contribution in [0.15, 0.2) is 89.8 Å². The van der Waals surface area contributed by atoms with Crippen molar-refractivity contribution >= 4 is 46.3 Å². The normalized spacial score (nSPS) is 15.6. The Labute approximate surface area is 201 Å². The molecule has 0 radical (unpaired) electrons. The lowest BCUT2D eigenvalue weighted by atomic mass is 10.0. The van der Waals surface area contributed by atoms with E-state index in [0.29, 0.717) is 17.3 Å². The number of carbonyl (C=O) groups excluding carboxylic acids is 1. The van der Waals surface area contributed by atoms with E-state index >= 15 is 0 Å². The molecule has 1 amide bonds. The molecule has 1 N–H and O–H groups in total. The van der Waals surface area contributed by atoms with Crippen molar-refractivity contribution in [2.75, 3.05) is 0 Å². The van der Waals surface area contributed by atoms with Crippen molar-refractivity contribution in [1.29, 1.82) is 0 Å². The molecule has 4 rings (SSSR count). The minimum absolute atomic E-state index is 0.179. The molecule has 3 aromatic carbocycles. The molecular weight excluding hydrogens is 454 g/mol. The van der Waals surface area contributed by atoms with Crippen molar-refractivity contribution in [2.45, 2.75) is 19.1 Å². The Hall–Kier alpha value is -3.42. The van der Waals surface area contributed by atoms with E-state index in [-0.39, 0.29) is 10.7 Å². The number of thioether (sulfide) groups is 1. The fourth-order valence-electron chi connectivity index (χ4n) is 3.46. The summed E-state index contributed by atoms with van der Waals surface area (Å²) in [7, 11) is 0. The number of carboxylic acid groups (broad SMARTS) is 1. The molecule has 0 saturated carbocycles. The van der Waals surface area contributed by atoms with Gasteiger partial charge in [0.05, 0.1) is 4.91 Å². The second kappa shape index (κ2) is 10.5. The van der Waals surface area contributed by atoms with Gasteiger partial charge in [0.2, 0.25) is 0 Å². The second-order valence-corrected chi connectivity index (χ2v) is 9.12. The molecule has 1 aliphatic heterocycles. The molecule has 1 atom stereocenters. The van der Waals surface area contributed by atoms with Crippen LogP contribution in [0.3, 0.4) is 0 Å². The number of rotatable bonds is 8. The lowest BCUT2D eigenvalue weighted by Crippen LogP contribution is -2.45. The summed E-state index contributed by atoms with van der Waals surface area (Å²) in [6.07, 6.45) is 1.90. The molecule has 0 aliphatic carbocycles. The van der Waals surface area contributed by atoms with Crippen molar-refractivity contribution in [2.24, 2.45) is 0 Å². The van der Waals surface area contributed by atoms with Crippen molar-refractivity contribution in [3.63, 3.8) is 0 Å². The summed E-state index contributed by atoms with van der Waals surface area (Å²) in [5.74, 6) is -0.813. The molecular formula is C26H21NO4S2. The number of carbonyl (C=O) groups is 2. The maximum atomic E-state index is 13.1. The van der Waals surface area contributed by atoms with Gasteiger partial charge in [0, 0.05) is 6.42 Å². The molecule has 0 aromatic heterocycles. The SMILES string of the molecule is O=C(O)C(Cc1ccccc1)N1C(=O)/C(=C/c2cccc(OCc3ccccc3)c2)SC1=S. The van der Waals surface area contributed by atoms with E-state index in [1.54, 1.807) is 6.08 Å². The summed E-state index contributed by atoms with van der Waals surface area (Å²) in [4.78, 5) is 26.7. The Morgan fingerprint density at radius 3 is 2.33 bits per heavy atom. The number of nitrogens with zero attached hydrogens (tertiary/aromatic N) is 1. The molecule has 1 unspecified atom stereocenters. The van der Waals surface area contributed by atoms with Crippen molar-refractivity contribution in [3.05, 3.63) is 107 Å². The average Bonchev–Trinajstić information content (AvgIpc) is 3.10. The molecule has 166 valence electrons. The highest BCUT2D eigenvalue weighted by Crippen LogP contribution is 2.35. The van der Waals surface area contributed by atoms with E-state index in [2.05, 4.69) is 0 Å². The zero-order valence-corrected chi connectivity index (χ0v) is 19.2. The lowest BCUT2D eigenvalue weighted by molar-refractivity contribution is -0.145. The van der Waals surface area contributed by atoms with Crippen LogP contribution in [0, 0.1) is 0 Å². The van der Waals surface area contributed by atoms with Gasteiger partial charge in [-0.3, -0.25) is 9.69 Å². The minimum Gasteiger partial charge on any atom is -0.489 e. The van der Waals surface area contributed by atoms with Gasteiger partial charge in [-0.25, -0.2) is 4.79 Å². The Morgan fingerprint density at radius 2 is 1.67 bits per heavy atom. The number of hydrogen-bond donors (Lipinski definition) is 1. The van der Waals surface area contributed by atoms with Gasteiger partial charge in [-0.2, -0.15) is 0 Å². The molecule has 3 aromatic rings. The molecule has 1 saturated heterocycles. The van der Waals surface area contributed by atoms with Crippen LogP contribution in [0.5, 0.6) is 5.75 Å². The van der Waals surface area contributed by atoms with Crippen LogP contribution < -0.4 is 4.74 Å². The van der Waals surface area contributed by atoms with Gasteiger partial charge >= 0.3 is 5.97 Å². The zero-order valence-electron chi connectivity index (χ0n) is 17.6. The summed E-state index contributed by atoms with van der Waals surface area (Å²) < 4.78 is 6.11. The van der Waals surface area contributed by atoms with Gasteiger partial charge in [-0.05, 0) is 34.9 Å². The monoisotopic (exact) mass is 475 g/mol. The van der Waals surface area contributed by atoms with E-state index in [4.69, 9.17) is 17.0 Å². The minimum atomic E-state index is -1.09. The Morgan fingerprint density at radius 1 is 1.00 bits per heavy atom. The first-order chi connectivity index (χ1) is 16.0. The van der Waals surface area contributed by atoms with Crippen LogP contribution in [-0.4, -0.2) is 32.2 Å². The first-order valence-corrected chi connectivity index (χ1v) is 11.5. The molecule has 0 bridgehead atoms. The molecule has 1 heterocycles. The number of amides is 1. The number of benzene rings is 3. The molecule has 0 spiro atoms. The van der Waals surface area contributed by atoms with Crippen LogP contribution in [0.25, 0.3) is 6.08 Å². The Kier molecular flexibility index (Phi) is 7.22. The number of thiocarbonyl (C=S) groups is 1. The topological polar surface area (TPSA) is 66.8 Å². The van der Waals surface area contributed by atoms with E-state index in [1.807, 2.05) is 84.9 Å². The van der Waals surface area contributed by atoms with Gasteiger partial charge in [-0.15, -0.1) is 0 Å². The fraction of sp³-hybridized carbons (Fsp3) is 0.115. The highest BCUT2D eigenvalue weighted by molar-refractivity contribution is 8.26. The summed E-state index contributed by atoms with van der Waals surface area (Å²) in [6.45, 7) is 0.437. The first kappa shape index (κ1) is 22.8. The molecule has 1 fully saturated rings. The van der Waals surface area contributed by atoms with E-state index in [9.17, 15) is 14.7 Å². The van der Waals surface area contributed by atoms with Crippen LogP contribution >= 0.6 is 24.0 Å². The predicted octanol–water partition coefficient (Wildman–Crippen LogP) is 5.16. The number of ether oxygens (including phenoxy) is 1. The number of carboxylic acids is 1. The Bertz CT molecular complexity index is 1200. The average molecular weight is 476 g/mol. The van der Waals surface area contributed by atoms with E-state index < -0.39 is 17.9 Å². The smallest absolute Gasteiger partial charge is 0.327 e. The second-order valence-electron chi connectivity index (χ2n) is 7.44. The maximum Gasteiger partial charge on any atom is 0.327 e. The van der Waals surface area contributed by atoms with Gasteiger partial charge in [0.25, 0.3) is 5.91 Å². The predicted molar refractivity (Wildman–Crippen MR) is 134 cm³/mol. The summed E-state index contributed by atoms with van der Waals surface area (Å²) in [5, 5.41) is 9.80. The van der Waals surface area contributed by atoms with E-state index in [0.717, 1.165) is 28.5 Å². The molecule has 1 aliphatic rings. The highest BCUT2D eigenvalue weighted by Gasteiger charge is 2.40. The van der Waals surface area contributed by atoms with Crippen molar-refractivity contribution in [1.82, 2.24) is 4.90 Å². The van der Waals surface area contributed by atoms with Crippen molar-refractivity contribution in [3.8, 4) is 5.75 Å². The molecule has 5 nitrogen and oxygen atoms in total. The quantitative estimate of drug-likeness (QED) is 0.358. The van der Waals surface area contributed by atoms with Gasteiger partial charge in [0.1, 0.15) is 22.7 Å². The van der Waals surface area contributed by atoms with Crippen molar-refractivity contribution < 1.29 is 19.4 Å². The van der Waals surface area contributed by atoms with Crippen LogP contribution in [-0.2, 0) is 22.6 Å². The van der Waals surface area contributed by atoms with Gasteiger partial charge in [0.15, 0.2) is 0 Å². The van der Waals surface area contributed by atoms with Gasteiger partial charge in [-0.1, -0.05) is 96.8 Å². The third kappa shape index (κ3) is 5.69. The van der Waals surface area contributed by atoms with E-state index in [1.165, 1.54) is 4.90 Å². The lowest BCUT2D eigenvalue weighted by Gasteiger charge is -2.23. The summed E-state index contributed by atoms with van der Waals surface area (Å²) in [5.41, 5.74) is 2.66. The molecule has 7 heteroatoms. The standard InChI is InChI=1S/C26H21NO4S2/c28-24-23(16-20-12-7-13-21(14-20)31-17-19-10-5-2-6-11-19)33-26(32)27(24)22(25(29)30)15-18-8-3-1-4-9-18/h1-14,16,22H,15,17H2,(H,29,30)/b23-16-. The summed E-state index contributed by atoms with van der Waals surface area (Å²) >= 11 is 6.50. The zero-order chi connectivity index (χ0) is 23.2. The van der Waals surface area contributed by atoms with Gasteiger partial charge < -0.3 is 9.84 Å². The first-order valence-electron chi connectivity index (χ1n) is 10.3. The number of hydrogen-bond acceptors (Lipinski definition) is 5. The van der Waals surface area contributed by atoms with Crippen LogP contribution in [0.1, 0.15) is 16.7 Å². The third-order valence-electron chi connectivity index (χ3n) is 5.10. The number of aliphatic carboxylic acids is 1. The fourth-order valence-corrected chi connectivity index (χ4v) is 4.82. The van der Waals surface area contributed by atoms with Crippen LogP contribution in [0.4, 0.5) is 0 Å².